The number of rotatable bonds is 16. The van der Waals surface area contributed by atoms with Crippen LogP contribution in [-0.4, -0.2) is 28.9 Å². The first-order valence-corrected chi connectivity index (χ1v) is 13.0. The number of unbranched alkanes of at least 4 members (excludes halogenated alkanes) is 4. The second-order valence-electron chi connectivity index (χ2n) is 9.97. The molecule has 0 bridgehead atoms. The summed E-state index contributed by atoms with van der Waals surface area (Å²) in [7, 11) is 0. The first-order chi connectivity index (χ1) is 16.2. The molecule has 192 valence electrons. The largest absolute Gasteiger partial charge is 0.461 e. The number of aliphatic hydroxyl groups excluding tert-OH is 1. The minimum absolute atomic E-state index is 0.0423. The molecule has 1 aliphatic carbocycles. The van der Waals surface area contributed by atoms with E-state index in [1.54, 1.807) is 0 Å². The van der Waals surface area contributed by atoms with Crippen molar-refractivity contribution in [2.24, 2.45) is 17.8 Å². The zero-order valence-electron chi connectivity index (χ0n) is 20.8. The first kappa shape index (κ1) is 28.4. The molecule has 0 heterocycles. The Balaban J connectivity index is 1.65. The number of alkyl halides is 2. The molecule has 6 heteroatoms. The minimum Gasteiger partial charge on any atom is -0.461 e. The number of ether oxygens (including phenoxy) is 1. The van der Waals surface area contributed by atoms with Crippen LogP contribution >= 0.6 is 0 Å². The summed E-state index contributed by atoms with van der Waals surface area (Å²) in [5.74, 6) is -2.88. The van der Waals surface area contributed by atoms with Crippen molar-refractivity contribution in [1.29, 1.82) is 0 Å². The van der Waals surface area contributed by atoms with Crippen LogP contribution in [0, 0.1) is 17.8 Å². The van der Waals surface area contributed by atoms with E-state index in [1.807, 2.05) is 44.2 Å². The number of esters is 1. The molecule has 1 aliphatic rings. The van der Waals surface area contributed by atoms with Gasteiger partial charge in [0.2, 0.25) is 0 Å². The molecule has 1 aromatic rings. The first-order valence-electron chi connectivity index (χ1n) is 13.0. The highest BCUT2D eigenvalue weighted by atomic mass is 19.3. The lowest BCUT2D eigenvalue weighted by atomic mass is 9.82. The van der Waals surface area contributed by atoms with Gasteiger partial charge in [0.1, 0.15) is 18.5 Å². The maximum Gasteiger partial charge on any atom is 0.306 e. The van der Waals surface area contributed by atoms with Gasteiger partial charge >= 0.3 is 5.97 Å². The van der Waals surface area contributed by atoms with Crippen LogP contribution in [0.4, 0.5) is 8.78 Å². The fourth-order valence-electron chi connectivity index (χ4n) is 5.05. The van der Waals surface area contributed by atoms with Gasteiger partial charge < -0.3 is 9.84 Å². The Morgan fingerprint density at radius 3 is 2.53 bits per heavy atom. The Kier molecular flexibility index (Phi) is 12.2. The molecule has 34 heavy (non-hydrogen) atoms. The number of Topliss-reactive ketones (excluding diaryl/α,β-unsaturated/α-hetero) is 1. The summed E-state index contributed by atoms with van der Waals surface area (Å²) in [6.07, 6.45) is 4.77. The molecule has 4 atom stereocenters. The van der Waals surface area contributed by atoms with E-state index in [0.717, 1.165) is 37.7 Å². The maximum atomic E-state index is 14.1. The van der Waals surface area contributed by atoms with Crippen molar-refractivity contribution >= 4 is 11.8 Å². The molecule has 0 aromatic heterocycles. The summed E-state index contributed by atoms with van der Waals surface area (Å²) in [5.41, 5.74) is 0.970. The molecule has 0 radical (unpaired) electrons. The molecule has 1 N–H and O–H groups in total. The van der Waals surface area contributed by atoms with Crippen molar-refractivity contribution in [3.05, 3.63) is 35.9 Å². The fourth-order valence-corrected chi connectivity index (χ4v) is 5.05. The van der Waals surface area contributed by atoms with Gasteiger partial charge in [-0.2, -0.15) is 0 Å². The Bertz CT molecular complexity index is 737. The maximum absolute atomic E-state index is 14.1. The number of ketones is 1. The monoisotopic (exact) mass is 480 g/mol. The smallest absolute Gasteiger partial charge is 0.306 e. The van der Waals surface area contributed by atoms with Gasteiger partial charge in [-0.25, -0.2) is 8.78 Å². The Morgan fingerprint density at radius 1 is 1.12 bits per heavy atom. The van der Waals surface area contributed by atoms with Crippen molar-refractivity contribution in [2.75, 3.05) is 0 Å². The average Bonchev–Trinajstić information content (AvgIpc) is 3.09. The Labute approximate surface area is 203 Å². The van der Waals surface area contributed by atoms with Crippen LogP contribution in [0.25, 0.3) is 0 Å². The van der Waals surface area contributed by atoms with E-state index < -0.39 is 12.0 Å². The second-order valence-corrected chi connectivity index (χ2v) is 9.97. The van der Waals surface area contributed by atoms with E-state index in [4.69, 9.17) is 4.74 Å². The molecule has 1 saturated carbocycles. The van der Waals surface area contributed by atoms with Gasteiger partial charge in [0.05, 0.1) is 0 Å². The zero-order chi connectivity index (χ0) is 25.0. The lowest BCUT2D eigenvalue weighted by Gasteiger charge is -2.26. The van der Waals surface area contributed by atoms with Gasteiger partial charge in [0.15, 0.2) is 0 Å². The lowest BCUT2D eigenvalue weighted by Crippen LogP contribution is -2.34. The molecular weight excluding hydrogens is 438 g/mol. The van der Waals surface area contributed by atoms with Crippen LogP contribution in [0.3, 0.4) is 0 Å². The number of benzene rings is 1. The summed E-state index contributed by atoms with van der Waals surface area (Å²) < 4.78 is 33.5. The summed E-state index contributed by atoms with van der Waals surface area (Å²) in [6, 6.07) is 9.59. The summed E-state index contributed by atoms with van der Waals surface area (Å²) in [4.78, 5) is 24.4. The van der Waals surface area contributed by atoms with E-state index in [9.17, 15) is 23.5 Å². The van der Waals surface area contributed by atoms with E-state index in [-0.39, 0.29) is 42.3 Å². The topological polar surface area (TPSA) is 63.6 Å². The SMILES string of the molecule is CCCCC(F)(F)C(O)CC[C@H]1[C@H](C)CC(=O)[C@@H]1CCCCCCC(=O)OCc1ccccc1. The molecule has 1 aromatic carbocycles. The predicted molar refractivity (Wildman–Crippen MR) is 129 cm³/mol. The van der Waals surface area contributed by atoms with E-state index >= 15 is 0 Å². The molecule has 0 aliphatic heterocycles. The van der Waals surface area contributed by atoms with Crippen LogP contribution in [0.1, 0.15) is 96.5 Å². The molecule has 1 unspecified atom stereocenters. The Morgan fingerprint density at radius 2 is 1.82 bits per heavy atom. The highest BCUT2D eigenvalue weighted by Gasteiger charge is 2.42. The standard InChI is InChI=1S/C28H42F2O4/c1-3-4-18-28(29,30)26(32)17-16-23-21(2)19-25(31)24(23)14-10-5-6-11-15-27(33)34-20-22-12-8-7-9-13-22/h7-9,12-13,21,23-24,26,32H,3-6,10-11,14-20H2,1-2H3/t21-,23+,24-,26?/m1/s1. The number of hydrogen-bond acceptors (Lipinski definition) is 4. The fraction of sp³-hybridized carbons (Fsp3) is 0.714. The van der Waals surface area contributed by atoms with Gasteiger partial charge in [0, 0.05) is 25.2 Å². The number of carbonyl (C=O) groups excluding carboxylic acids is 2. The van der Waals surface area contributed by atoms with Crippen LogP contribution in [0.2, 0.25) is 0 Å². The third-order valence-corrected chi connectivity index (χ3v) is 7.20. The summed E-state index contributed by atoms with van der Waals surface area (Å²) >= 11 is 0. The van der Waals surface area contributed by atoms with E-state index in [0.29, 0.717) is 38.7 Å². The highest BCUT2D eigenvalue weighted by molar-refractivity contribution is 5.83. The normalized spacial score (nSPS) is 21.6. The number of aliphatic hydroxyl groups is 1. The molecule has 1 fully saturated rings. The molecule has 0 amide bonds. The summed E-state index contributed by atoms with van der Waals surface area (Å²) in [5, 5.41) is 10.1. The van der Waals surface area contributed by atoms with Crippen LogP contribution in [-0.2, 0) is 20.9 Å². The Hall–Kier alpha value is -1.82. The quantitative estimate of drug-likeness (QED) is 0.207. The molecule has 2 rings (SSSR count). The van der Waals surface area contributed by atoms with Crippen molar-refractivity contribution in [1.82, 2.24) is 0 Å². The van der Waals surface area contributed by atoms with Crippen molar-refractivity contribution in [3.8, 4) is 0 Å². The third-order valence-electron chi connectivity index (χ3n) is 7.20. The summed E-state index contributed by atoms with van der Waals surface area (Å²) in [6.45, 7) is 4.17. The predicted octanol–water partition coefficient (Wildman–Crippen LogP) is 6.88. The van der Waals surface area contributed by atoms with Gasteiger partial charge in [-0.3, -0.25) is 9.59 Å². The van der Waals surface area contributed by atoms with E-state index in [1.165, 1.54) is 0 Å². The van der Waals surface area contributed by atoms with Crippen LogP contribution in [0.5, 0.6) is 0 Å². The number of hydrogen-bond donors (Lipinski definition) is 1. The van der Waals surface area contributed by atoms with Crippen LogP contribution < -0.4 is 0 Å². The van der Waals surface area contributed by atoms with Gasteiger partial charge in [-0.05, 0) is 49.5 Å². The zero-order valence-corrected chi connectivity index (χ0v) is 20.8. The van der Waals surface area contributed by atoms with Gasteiger partial charge in [-0.15, -0.1) is 0 Å². The molecule has 0 spiro atoms. The van der Waals surface area contributed by atoms with Crippen molar-refractivity contribution in [3.63, 3.8) is 0 Å². The van der Waals surface area contributed by atoms with Crippen molar-refractivity contribution in [2.45, 2.75) is 110 Å². The molecular formula is C28H42F2O4. The lowest BCUT2D eigenvalue weighted by molar-refractivity contribution is -0.145. The third kappa shape index (κ3) is 9.44. The second kappa shape index (κ2) is 14.6. The van der Waals surface area contributed by atoms with E-state index in [2.05, 4.69) is 0 Å². The van der Waals surface area contributed by atoms with Crippen LogP contribution in [0.15, 0.2) is 30.3 Å². The van der Waals surface area contributed by atoms with Crippen molar-refractivity contribution < 1.29 is 28.2 Å². The highest BCUT2D eigenvalue weighted by Crippen LogP contribution is 2.41. The number of carbonyl (C=O) groups is 2. The van der Waals surface area contributed by atoms with Gasteiger partial charge in [0.25, 0.3) is 5.92 Å². The number of halogens is 2. The van der Waals surface area contributed by atoms with Gasteiger partial charge in [-0.1, -0.05) is 69.9 Å². The minimum atomic E-state index is -3.06. The molecule has 0 saturated heterocycles. The average molecular weight is 481 g/mol. The molecule has 4 nitrogen and oxygen atoms in total.